The summed E-state index contributed by atoms with van der Waals surface area (Å²) in [4.78, 5) is 25.8. The van der Waals surface area contributed by atoms with Crippen LogP contribution in [0.15, 0.2) is 6.07 Å². The average molecular weight is 352 g/mol. The third-order valence-electron chi connectivity index (χ3n) is 4.85. The first-order valence-electron chi connectivity index (χ1n) is 7.90. The Hall–Kier alpha value is -2.16. The molecule has 0 aromatic heterocycles. The second-order valence-corrected chi connectivity index (χ2v) is 6.43. The summed E-state index contributed by atoms with van der Waals surface area (Å²) in [6, 6.07) is 1.02. The molecular weight excluding hydrogens is 332 g/mol. The van der Waals surface area contributed by atoms with Crippen LogP contribution < -0.4 is 4.74 Å². The van der Waals surface area contributed by atoms with Gasteiger partial charge in [0.2, 0.25) is 5.78 Å². The Bertz CT molecular complexity index is 758. The summed E-state index contributed by atoms with van der Waals surface area (Å²) in [7, 11) is 1.26. The van der Waals surface area contributed by atoms with Crippen molar-refractivity contribution in [1.82, 2.24) is 0 Å². The van der Waals surface area contributed by atoms with Crippen molar-refractivity contribution in [1.29, 1.82) is 0 Å². The van der Waals surface area contributed by atoms with Crippen LogP contribution in [0.3, 0.4) is 0 Å². The molecule has 136 valence electrons. The summed E-state index contributed by atoms with van der Waals surface area (Å²) in [5.74, 6) is -5.08. The molecule has 2 aliphatic rings. The zero-order valence-corrected chi connectivity index (χ0v) is 14.2. The van der Waals surface area contributed by atoms with Crippen molar-refractivity contribution in [3.63, 3.8) is 0 Å². The van der Waals surface area contributed by atoms with E-state index in [1.54, 1.807) is 13.8 Å². The van der Waals surface area contributed by atoms with E-state index in [0.29, 0.717) is 6.61 Å². The molecule has 1 saturated heterocycles. The van der Waals surface area contributed by atoms with Crippen LogP contribution in [0, 0.1) is 5.92 Å². The fourth-order valence-corrected chi connectivity index (χ4v) is 3.55. The molecule has 1 aromatic carbocycles. The summed E-state index contributed by atoms with van der Waals surface area (Å²) < 4.78 is 15.9. The zero-order chi connectivity index (χ0) is 18.6. The number of benzene rings is 1. The van der Waals surface area contributed by atoms with Gasteiger partial charge in [-0.15, -0.1) is 0 Å². The van der Waals surface area contributed by atoms with Crippen molar-refractivity contribution in [3.8, 4) is 17.2 Å². The summed E-state index contributed by atoms with van der Waals surface area (Å²) in [5.41, 5.74) is -2.90. The quantitative estimate of drug-likeness (QED) is 0.689. The second-order valence-electron chi connectivity index (χ2n) is 6.43. The van der Waals surface area contributed by atoms with Gasteiger partial charge in [0, 0.05) is 19.1 Å². The highest BCUT2D eigenvalue weighted by Gasteiger charge is 2.60. The van der Waals surface area contributed by atoms with Crippen LogP contribution in [0.25, 0.3) is 0 Å². The third kappa shape index (κ3) is 2.40. The molecule has 1 aliphatic heterocycles. The Balaban J connectivity index is 2.17. The highest BCUT2D eigenvalue weighted by atomic mass is 16.7. The van der Waals surface area contributed by atoms with Crippen LogP contribution >= 0.6 is 0 Å². The van der Waals surface area contributed by atoms with Gasteiger partial charge in [-0.05, 0) is 13.8 Å². The lowest BCUT2D eigenvalue weighted by Crippen LogP contribution is -2.63. The first kappa shape index (κ1) is 17.7. The number of phenolic OH excluding ortho intramolecular Hbond substituents is 2. The van der Waals surface area contributed by atoms with E-state index in [0.717, 1.165) is 6.07 Å². The number of carbonyl (C=O) groups excluding carboxylic acids is 2. The smallest absolute Gasteiger partial charge is 0.202 e. The number of fused-ring (bicyclic) bond motifs is 2. The molecule has 3 atom stereocenters. The average Bonchev–Trinajstić information content (AvgIpc) is 2.56. The lowest BCUT2D eigenvalue weighted by Gasteiger charge is -2.47. The van der Waals surface area contributed by atoms with Crippen molar-refractivity contribution in [2.75, 3.05) is 20.3 Å². The van der Waals surface area contributed by atoms with Gasteiger partial charge in [0.1, 0.15) is 5.75 Å². The van der Waals surface area contributed by atoms with Crippen molar-refractivity contribution >= 4 is 11.6 Å². The van der Waals surface area contributed by atoms with Gasteiger partial charge >= 0.3 is 0 Å². The standard InChI is InChI=1S/C17H20O8/c1-4-24-16(2)6-8-13(19)12-11(15(21)17(8,22)7-25-16)9(18)5-10(23-3)14(12)20/h5,8,18,20,22H,4,6-7H2,1-3H3/t8-,16-,17-/m0/s1. The molecule has 1 fully saturated rings. The first-order valence-corrected chi connectivity index (χ1v) is 7.90. The molecule has 25 heavy (non-hydrogen) atoms. The molecular formula is C17H20O8. The van der Waals surface area contributed by atoms with Gasteiger partial charge in [-0.2, -0.15) is 0 Å². The Morgan fingerprint density at radius 1 is 1.32 bits per heavy atom. The van der Waals surface area contributed by atoms with Gasteiger partial charge in [-0.1, -0.05) is 0 Å². The fourth-order valence-electron chi connectivity index (χ4n) is 3.55. The monoisotopic (exact) mass is 352 g/mol. The van der Waals surface area contributed by atoms with Gasteiger partial charge in [0.15, 0.2) is 28.7 Å². The van der Waals surface area contributed by atoms with E-state index < -0.39 is 52.5 Å². The number of hydrogen-bond acceptors (Lipinski definition) is 8. The molecule has 0 spiro atoms. The molecule has 1 heterocycles. The van der Waals surface area contributed by atoms with Gasteiger partial charge in [0.25, 0.3) is 0 Å². The van der Waals surface area contributed by atoms with Crippen LogP contribution in [-0.2, 0) is 9.47 Å². The minimum atomic E-state index is -2.13. The Kier molecular flexibility index (Phi) is 4.02. The van der Waals surface area contributed by atoms with Gasteiger partial charge in [-0.25, -0.2) is 0 Å². The topological polar surface area (TPSA) is 123 Å². The molecule has 8 heteroatoms. The molecule has 1 aliphatic carbocycles. The number of ketones is 2. The predicted octanol–water partition coefficient (Wildman–Crippen LogP) is 1.01. The molecule has 8 nitrogen and oxygen atoms in total. The van der Waals surface area contributed by atoms with Gasteiger partial charge in [-0.3, -0.25) is 9.59 Å². The molecule has 3 N–H and O–H groups in total. The highest BCUT2D eigenvalue weighted by Crippen LogP contribution is 2.49. The maximum absolute atomic E-state index is 13.0. The Labute approximate surface area is 143 Å². The van der Waals surface area contributed by atoms with E-state index in [4.69, 9.17) is 14.2 Å². The van der Waals surface area contributed by atoms with Crippen molar-refractivity contribution < 1.29 is 39.1 Å². The van der Waals surface area contributed by atoms with Crippen LogP contribution in [0.5, 0.6) is 17.2 Å². The number of methoxy groups -OCH3 is 1. The number of carbonyl (C=O) groups is 2. The van der Waals surface area contributed by atoms with Crippen molar-refractivity contribution in [2.45, 2.75) is 31.7 Å². The Morgan fingerprint density at radius 2 is 2.00 bits per heavy atom. The lowest BCUT2D eigenvalue weighted by atomic mass is 9.67. The number of rotatable bonds is 3. The number of aliphatic hydroxyl groups is 1. The molecule has 0 unspecified atom stereocenters. The van der Waals surface area contributed by atoms with E-state index in [1.807, 2.05) is 0 Å². The van der Waals surface area contributed by atoms with E-state index >= 15 is 0 Å². The molecule has 0 amide bonds. The summed E-state index contributed by atoms with van der Waals surface area (Å²) in [6.45, 7) is 3.24. The largest absolute Gasteiger partial charge is 0.507 e. The second kappa shape index (κ2) is 5.69. The minimum absolute atomic E-state index is 0.0707. The normalized spacial score (nSPS) is 31.4. The van der Waals surface area contributed by atoms with E-state index in [2.05, 4.69) is 0 Å². The Morgan fingerprint density at radius 3 is 2.60 bits per heavy atom. The summed E-state index contributed by atoms with van der Waals surface area (Å²) in [6.07, 6.45) is -0.0707. The summed E-state index contributed by atoms with van der Waals surface area (Å²) >= 11 is 0. The number of Topliss-reactive ketones (excluding diaryl/α,β-unsaturated/α-hetero) is 2. The molecule has 3 rings (SSSR count). The van der Waals surface area contributed by atoms with Crippen LogP contribution in [-0.4, -0.2) is 58.6 Å². The maximum Gasteiger partial charge on any atom is 0.202 e. The minimum Gasteiger partial charge on any atom is -0.507 e. The number of phenols is 2. The van der Waals surface area contributed by atoms with E-state index in [9.17, 15) is 24.9 Å². The predicted molar refractivity (Wildman–Crippen MR) is 84.0 cm³/mol. The number of aromatic hydroxyl groups is 2. The van der Waals surface area contributed by atoms with Crippen molar-refractivity contribution in [3.05, 3.63) is 17.2 Å². The van der Waals surface area contributed by atoms with Crippen LogP contribution in [0.1, 0.15) is 41.0 Å². The van der Waals surface area contributed by atoms with E-state index in [1.165, 1.54) is 7.11 Å². The summed E-state index contributed by atoms with van der Waals surface area (Å²) in [5, 5.41) is 31.3. The fraction of sp³-hybridized carbons (Fsp3) is 0.529. The molecule has 0 bridgehead atoms. The lowest BCUT2D eigenvalue weighted by molar-refractivity contribution is -0.279. The van der Waals surface area contributed by atoms with Gasteiger partial charge < -0.3 is 29.5 Å². The van der Waals surface area contributed by atoms with Crippen LogP contribution in [0.2, 0.25) is 0 Å². The third-order valence-corrected chi connectivity index (χ3v) is 4.85. The van der Waals surface area contributed by atoms with Crippen LogP contribution in [0.4, 0.5) is 0 Å². The molecule has 1 aromatic rings. The molecule has 0 radical (unpaired) electrons. The molecule has 0 saturated carbocycles. The SMILES string of the molecule is CCO[C@]1(C)C[C@H]2C(=O)c3c(O)c(OC)cc(O)c3C(=O)[C@]2(O)CO1. The maximum atomic E-state index is 13.0. The number of hydrogen-bond donors (Lipinski definition) is 3. The van der Waals surface area contributed by atoms with Gasteiger partial charge in [0.05, 0.1) is 30.8 Å². The highest BCUT2D eigenvalue weighted by molar-refractivity contribution is 6.22. The first-order chi connectivity index (χ1) is 11.7. The zero-order valence-electron chi connectivity index (χ0n) is 14.2. The van der Waals surface area contributed by atoms with E-state index in [-0.39, 0.29) is 17.7 Å². The number of ether oxygens (including phenoxy) is 3. The van der Waals surface area contributed by atoms with Crippen molar-refractivity contribution in [2.24, 2.45) is 5.92 Å².